The standard InChI is InChI=1S/C5H11FO/c1-2-4-7-5-3-6/h2-5H2,1H3. The Morgan fingerprint density at radius 1 is 1.43 bits per heavy atom. The molecular weight excluding hydrogens is 95.1 g/mol. The van der Waals surface area contributed by atoms with Crippen molar-refractivity contribution in [1.29, 1.82) is 0 Å². The Morgan fingerprint density at radius 2 is 2.14 bits per heavy atom. The van der Waals surface area contributed by atoms with E-state index in [0.717, 1.165) is 6.42 Å². The van der Waals surface area contributed by atoms with Crippen molar-refractivity contribution < 1.29 is 9.13 Å². The van der Waals surface area contributed by atoms with Crippen molar-refractivity contribution in [2.45, 2.75) is 13.3 Å². The summed E-state index contributed by atoms with van der Waals surface area (Å²) >= 11 is 0. The van der Waals surface area contributed by atoms with Crippen molar-refractivity contribution in [1.82, 2.24) is 0 Å². The third-order valence-corrected chi connectivity index (χ3v) is 0.570. The van der Waals surface area contributed by atoms with Crippen molar-refractivity contribution in [3.8, 4) is 0 Å². The predicted molar refractivity (Wildman–Crippen MR) is 27.1 cm³/mol. The van der Waals surface area contributed by atoms with Gasteiger partial charge in [-0.2, -0.15) is 0 Å². The van der Waals surface area contributed by atoms with Crippen LogP contribution in [-0.2, 0) is 4.74 Å². The molecule has 0 saturated carbocycles. The number of hydrogen-bond donors (Lipinski definition) is 0. The predicted octanol–water partition coefficient (Wildman–Crippen LogP) is 1.38. The van der Waals surface area contributed by atoms with Crippen LogP contribution in [0, 0.1) is 0 Å². The van der Waals surface area contributed by atoms with E-state index in [-0.39, 0.29) is 13.3 Å². The monoisotopic (exact) mass is 106 g/mol. The SMILES string of the molecule is CCCOCCF. The molecule has 0 fully saturated rings. The molecule has 0 spiro atoms. The molecule has 0 bridgehead atoms. The molecule has 0 aliphatic carbocycles. The molecule has 44 valence electrons. The minimum atomic E-state index is -0.361. The van der Waals surface area contributed by atoms with Crippen LogP contribution in [0.1, 0.15) is 13.3 Å². The van der Waals surface area contributed by atoms with Crippen molar-refractivity contribution in [3.05, 3.63) is 0 Å². The summed E-state index contributed by atoms with van der Waals surface area (Å²) in [5.41, 5.74) is 0. The maximum atomic E-state index is 11.2. The average Bonchev–Trinajstić information content (AvgIpc) is 1.69. The van der Waals surface area contributed by atoms with Gasteiger partial charge in [0.1, 0.15) is 6.67 Å². The first kappa shape index (κ1) is 6.89. The molecule has 1 nitrogen and oxygen atoms in total. The molecule has 0 N–H and O–H groups in total. The number of ether oxygens (including phenoxy) is 1. The van der Waals surface area contributed by atoms with E-state index in [0.29, 0.717) is 6.61 Å². The van der Waals surface area contributed by atoms with E-state index in [4.69, 9.17) is 4.74 Å². The largest absolute Gasteiger partial charge is 0.379 e. The molecule has 0 aromatic heterocycles. The van der Waals surface area contributed by atoms with Gasteiger partial charge in [0.15, 0.2) is 0 Å². The summed E-state index contributed by atoms with van der Waals surface area (Å²) in [4.78, 5) is 0. The highest BCUT2D eigenvalue weighted by Gasteiger charge is 1.80. The molecule has 0 atom stereocenters. The second kappa shape index (κ2) is 5.89. The average molecular weight is 106 g/mol. The number of rotatable bonds is 4. The van der Waals surface area contributed by atoms with Crippen LogP contribution in [0.4, 0.5) is 4.39 Å². The fourth-order valence-corrected chi connectivity index (χ4v) is 0.301. The Labute approximate surface area is 43.5 Å². The molecule has 0 aromatic carbocycles. The van der Waals surface area contributed by atoms with E-state index in [9.17, 15) is 4.39 Å². The van der Waals surface area contributed by atoms with Gasteiger partial charge in [0.05, 0.1) is 6.61 Å². The second-order valence-electron chi connectivity index (χ2n) is 1.30. The van der Waals surface area contributed by atoms with E-state index in [1.54, 1.807) is 0 Å². The lowest BCUT2D eigenvalue weighted by Gasteiger charge is -1.93. The Kier molecular flexibility index (Phi) is 5.80. The maximum absolute atomic E-state index is 11.2. The van der Waals surface area contributed by atoms with Crippen LogP contribution in [-0.4, -0.2) is 19.9 Å². The number of alkyl halides is 1. The van der Waals surface area contributed by atoms with Gasteiger partial charge in [0.2, 0.25) is 0 Å². The van der Waals surface area contributed by atoms with Gasteiger partial charge >= 0.3 is 0 Å². The fraction of sp³-hybridized carbons (Fsp3) is 1.00. The third-order valence-electron chi connectivity index (χ3n) is 0.570. The molecule has 0 saturated heterocycles. The van der Waals surface area contributed by atoms with E-state index in [1.807, 2.05) is 6.92 Å². The molecule has 0 amide bonds. The van der Waals surface area contributed by atoms with Crippen molar-refractivity contribution in [2.24, 2.45) is 0 Å². The summed E-state index contributed by atoms with van der Waals surface area (Å²) in [6.07, 6.45) is 0.972. The Morgan fingerprint density at radius 3 is 2.57 bits per heavy atom. The highest BCUT2D eigenvalue weighted by atomic mass is 19.1. The van der Waals surface area contributed by atoms with Crippen LogP contribution in [0.5, 0.6) is 0 Å². The second-order valence-corrected chi connectivity index (χ2v) is 1.30. The number of halogens is 1. The summed E-state index contributed by atoms with van der Waals surface area (Å²) < 4.78 is 15.9. The highest BCUT2D eigenvalue weighted by Crippen LogP contribution is 1.78. The molecule has 0 aromatic rings. The van der Waals surface area contributed by atoms with Gasteiger partial charge in [0, 0.05) is 6.61 Å². The summed E-state index contributed by atoms with van der Waals surface area (Å²) in [6, 6.07) is 0. The van der Waals surface area contributed by atoms with Gasteiger partial charge < -0.3 is 4.74 Å². The van der Waals surface area contributed by atoms with Gasteiger partial charge in [-0.25, -0.2) is 4.39 Å². The van der Waals surface area contributed by atoms with Gasteiger partial charge in [0.25, 0.3) is 0 Å². The van der Waals surface area contributed by atoms with E-state index in [1.165, 1.54) is 0 Å². The molecule has 0 heterocycles. The lowest BCUT2D eigenvalue weighted by Crippen LogP contribution is -1.95. The van der Waals surface area contributed by atoms with Crippen molar-refractivity contribution in [3.63, 3.8) is 0 Å². The van der Waals surface area contributed by atoms with Crippen LogP contribution in [0.3, 0.4) is 0 Å². The van der Waals surface area contributed by atoms with E-state index in [2.05, 4.69) is 0 Å². The topological polar surface area (TPSA) is 9.23 Å². The fourth-order valence-electron chi connectivity index (χ4n) is 0.301. The zero-order valence-electron chi connectivity index (χ0n) is 4.61. The minimum absolute atomic E-state index is 0.258. The minimum Gasteiger partial charge on any atom is -0.379 e. The smallest absolute Gasteiger partial charge is 0.113 e. The molecule has 0 rings (SSSR count). The molecule has 0 unspecified atom stereocenters. The summed E-state index contributed by atoms with van der Waals surface area (Å²) in [6.45, 7) is 2.58. The third kappa shape index (κ3) is 5.89. The molecule has 0 aliphatic heterocycles. The first-order valence-electron chi connectivity index (χ1n) is 2.55. The van der Waals surface area contributed by atoms with Gasteiger partial charge in [-0.3, -0.25) is 0 Å². The molecule has 0 aliphatic rings. The Hall–Kier alpha value is -0.110. The van der Waals surface area contributed by atoms with E-state index < -0.39 is 0 Å². The van der Waals surface area contributed by atoms with Crippen LogP contribution in [0.2, 0.25) is 0 Å². The van der Waals surface area contributed by atoms with Crippen LogP contribution >= 0.6 is 0 Å². The van der Waals surface area contributed by atoms with Crippen LogP contribution in [0.15, 0.2) is 0 Å². The molecule has 2 heteroatoms. The lowest BCUT2D eigenvalue weighted by atomic mass is 10.5. The summed E-state index contributed by atoms with van der Waals surface area (Å²) in [5, 5.41) is 0. The van der Waals surface area contributed by atoms with Gasteiger partial charge in [-0.1, -0.05) is 6.92 Å². The molecule has 7 heavy (non-hydrogen) atoms. The van der Waals surface area contributed by atoms with Crippen molar-refractivity contribution >= 4 is 0 Å². The maximum Gasteiger partial charge on any atom is 0.113 e. The van der Waals surface area contributed by atoms with E-state index >= 15 is 0 Å². The number of hydrogen-bond acceptors (Lipinski definition) is 1. The van der Waals surface area contributed by atoms with Crippen LogP contribution in [0.25, 0.3) is 0 Å². The van der Waals surface area contributed by atoms with Gasteiger partial charge in [-0.05, 0) is 6.42 Å². The lowest BCUT2D eigenvalue weighted by molar-refractivity contribution is 0.119. The normalized spacial score (nSPS) is 9.43. The Balaban J connectivity index is 2.45. The first-order chi connectivity index (χ1) is 3.41. The zero-order chi connectivity index (χ0) is 5.54. The molecule has 0 radical (unpaired) electrons. The van der Waals surface area contributed by atoms with Crippen molar-refractivity contribution in [2.75, 3.05) is 19.9 Å². The zero-order valence-corrected chi connectivity index (χ0v) is 4.61. The Bertz CT molecular complexity index is 27.3. The summed E-state index contributed by atoms with van der Waals surface area (Å²) in [7, 11) is 0. The first-order valence-corrected chi connectivity index (χ1v) is 2.55. The summed E-state index contributed by atoms with van der Waals surface area (Å²) in [5.74, 6) is 0. The molecular formula is C5H11FO. The van der Waals surface area contributed by atoms with Gasteiger partial charge in [-0.15, -0.1) is 0 Å². The highest BCUT2D eigenvalue weighted by molar-refractivity contribution is 4.25. The van der Waals surface area contributed by atoms with Crippen LogP contribution < -0.4 is 0 Å². The quantitative estimate of drug-likeness (QED) is 0.492.